The SMILES string of the molecule is CCC(c1ccccc1)c1ccc(OC)c(OC)c1OC. The Morgan fingerprint density at radius 1 is 0.810 bits per heavy atom. The van der Waals surface area contributed by atoms with Crippen LogP contribution in [0.5, 0.6) is 17.2 Å². The lowest BCUT2D eigenvalue weighted by Gasteiger charge is -2.21. The molecule has 1 unspecified atom stereocenters. The fourth-order valence-electron chi connectivity index (χ4n) is 2.72. The van der Waals surface area contributed by atoms with Crippen LogP contribution in [0.25, 0.3) is 0 Å². The van der Waals surface area contributed by atoms with E-state index in [0.29, 0.717) is 11.5 Å². The summed E-state index contributed by atoms with van der Waals surface area (Å²) in [6.07, 6.45) is 0.982. The van der Waals surface area contributed by atoms with Crippen molar-refractivity contribution in [2.24, 2.45) is 0 Å². The van der Waals surface area contributed by atoms with Gasteiger partial charge in [0.2, 0.25) is 5.75 Å². The molecule has 112 valence electrons. The molecular weight excluding hydrogens is 264 g/mol. The molecule has 1 atom stereocenters. The van der Waals surface area contributed by atoms with Crippen molar-refractivity contribution >= 4 is 0 Å². The monoisotopic (exact) mass is 286 g/mol. The predicted octanol–water partition coefficient (Wildman–Crippen LogP) is 4.25. The van der Waals surface area contributed by atoms with E-state index in [4.69, 9.17) is 14.2 Å². The number of hydrogen-bond donors (Lipinski definition) is 0. The molecule has 0 heterocycles. The van der Waals surface area contributed by atoms with Crippen LogP contribution in [0.15, 0.2) is 42.5 Å². The molecule has 2 rings (SSSR count). The Morgan fingerprint density at radius 3 is 2.00 bits per heavy atom. The van der Waals surface area contributed by atoms with E-state index in [2.05, 4.69) is 37.3 Å². The average molecular weight is 286 g/mol. The molecule has 3 nitrogen and oxygen atoms in total. The van der Waals surface area contributed by atoms with Crippen molar-refractivity contribution in [3.05, 3.63) is 53.6 Å². The Kier molecular flexibility index (Phi) is 5.09. The van der Waals surface area contributed by atoms with E-state index in [1.807, 2.05) is 12.1 Å². The summed E-state index contributed by atoms with van der Waals surface area (Å²) in [5.41, 5.74) is 2.38. The van der Waals surface area contributed by atoms with Crippen LogP contribution in [0, 0.1) is 0 Å². The second kappa shape index (κ2) is 7.02. The molecule has 0 aliphatic rings. The number of rotatable bonds is 6. The molecule has 0 N–H and O–H groups in total. The topological polar surface area (TPSA) is 27.7 Å². The van der Waals surface area contributed by atoms with E-state index in [0.717, 1.165) is 17.7 Å². The molecule has 21 heavy (non-hydrogen) atoms. The summed E-state index contributed by atoms with van der Waals surface area (Å²) in [7, 11) is 4.93. The van der Waals surface area contributed by atoms with Crippen LogP contribution in [0.2, 0.25) is 0 Å². The molecular formula is C18H22O3. The lowest BCUT2D eigenvalue weighted by Crippen LogP contribution is -2.05. The molecule has 0 aliphatic carbocycles. The number of ether oxygens (including phenoxy) is 3. The van der Waals surface area contributed by atoms with Crippen molar-refractivity contribution in [3.8, 4) is 17.2 Å². The molecule has 0 spiro atoms. The molecule has 0 radical (unpaired) electrons. The molecule has 0 aromatic heterocycles. The van der Waals surface area contributed by atoms with Crippen LogP contribution in [-0.2, 0) is 0 Å². The molecule has 0 saturated carbocycles. The van der Waals surface area contributed by atoms with Crippen LogP contribution in [0.1, 0.15) is 30.4 Å². The van der Waals surface area contributed by atoms with Gasteiger partial charge in [0.15, 0.2) is 11.5 Å². The van der Waals surface area contributed by atoms with Crippen LogP contribution >= 0.6 is 0 Å². The first-order chi connectivity index (χ1) is 10.3. The second-order valence-electron chi connectivity index (χ2n) is 4.80. The maximum absolute atomic E-state index is 5.61. The van der Waals surface area contributed by atoms with E-state index < -0.39 is 0 Å². The predicted molar refractivity (Wildman–Crippen MR) is 84.7 cm³/mol. The third-order valence-corrected chi connectivity index (χ3v) is 3.72. The van der Waals surface area contributed by atoms with Crippen molar-refractivity contribution in [2.45, 2.75) is 19.3 Å². The fraction of sp³-hybridized carbons (Fsp3) is 0.333. The Hall–Kier alpha value is -2.16. The van der Waals surface area contributed by atoms with E-state index >= 15 is 0 Å². The van der Waals surface area contributed by atoms with Crippen molar-refractivity contribution < 1.29 is 14.2 Å². The summed E-state index contributed by atoms with van der Waals surface area (Å²) in [6.45, 7) is 2.17. The molecule has 0 fully saturated rings. The zero-order chi connectivity index (χ0) is 15.2. The van der Waals surface area contributed by atoms with Gasteiger partial charge in [-0.1, -0.05) is 43.3 Å². The van der Waals surface area contributed by atoms with Crippen LogP contribution in [0.4, 0.5) is 0 Å². The van der Waals surface area contributed by atoms with Crippen LogP contribution < -0.4 is 14.2 Å². The van der Waals surface area contributed by atoms with Gasteiger partial charge in [-0.05, 0) is 18.1 Å². The quantitative estimate of drug-likeness (QED) is 0.794. The van der Waals surface area contributed by atoms with Gasteiger partial charge >= 0.3 is 0 Å². The molecule has 0 amide bonds. The molecule has 0 bridgehead atoms. The summed E-state index contributed by atoms with van der Waals surface area (Å²) in [4.78, 5) is 0. The Balaban J connectivity index is 2.56. The van der Waals surface area contributed by atoms with Crippen LogP contribution in [0.3, 0.4) is 0 Å². The highest BCUT2D eigenvalue weighted by Crippen LogP contribution is 2.44. The van der Waals surface area contributed by atoms with Crippen LogP contribution in [-0.4, -0.2) is 21.3 Å². The minimum atomic E-state index is 0.265. The highest BCUT2D eigenvalue weighted by molar-refractivity contribution is 5.58. The van der Waals surface area contributed by atoms with E-state index in [1.54, 1.807) is 21.3 Å². The summed E-state index contributed by atoms with van der Waals surface area (Å²) in [5.74, 6) is 2.33. The molecule has 2 aromatic carbocycles. The van der Waals surface area contributed by atoms with Gasteiger partial charge in [0.05, 0.1) is 21.3 Å². The Morgan fingerprint density at radius 2 is 1.48 bits per heavy atom. The summed E-state index contributed by atoms with van der Waals surface area (Å²) in [5, 5.41) is 0. The minimum Gasteiger partial charge on any atom is -0.493 e. The number of benzene rings is 2. The van der Waals surface area contributed by atoms with Crippen molar-refractivity contribution in [3.63, 3.8) is 0 Å². The molecule has 3 heteroatoms. The smallest absolute Gasteiger partial charge is 0.203 e. The van der Waals surface area contributed by atoms with Gasteiger partial charge in [0.1, 0.15) is 0 Å². The highest BCUT2D eigenvalue weighted by Gasteiger charge is 2.22. The van der Waals surface area contributed by atoms with Gasteiger partial charge < -0.3 is 14.2 Å². The summed E-state index contributed by atoms with van der Waals surface area (Å²) < 4.78 is 16.4. The van der Waals surface area contributed by atoms with Crippen molar-refractivity contribution in [1.29, 1.82) is 0 Å². The van der Waals surface area contributed by atoms with Gasteiger partial charge in [0.25, 0.3) is 0 Å². The average Bonchev–Trinajstić information content (AvgIpc) is 2.55. The summed E-state index contributed by atoms with van der Waals surface area (Å²) >= 11 is 0. The maximum atomic E-state index is 5.61. The second-order valence-corrected chi connectivity index (χ2v) is 4.80. The molecule has 0 saturated heterocycles. The number of methoxy groups -OCH3 is 3. The Bertz CT molecular complexity index is 579. The lowest BCUT2D eigenvalue weighted by atomic mass is 9.88. The lowest BCUT2D eigenvalue weighted by molar-refractivity contribution is 0.321. The standard InChI is InChI=1S/C18H22O3/c1-5-14(13-9-7-6-8-10-13)15-11-12-16(19-2)18(21-4)17(15)20-3/h6-12,14H,5H2,1-4H3. The fourth-order valence-corrected chi connectivity index (χ4v) is 2.72. The minimum absolute atomic E-state index is 0.265. The number of hydrogen-bond acceptors (Lipinski definition) is 3. The van der Waals surface area contributed by atoms with Gasteiger partial charge in [-0.25, -0.2) is 0 Å². The third kappa shape index (κ3) is 2.97. The first-order valence-electron chi connectivity index (χ1n) is 7.10. The molecule has 2 aromatic rings. The Labute approximate surface area is 126 Å². The molecule has 0 aliphatic heterocycles. The van der Waals surface area contributed by atoms with Gasteiger partial charge in [-0.2, -0.15) is 0 Å². The third-order valence-electron chi connectivity index (χ3n) is 3.72. The van der Waals surface area contributed by atoms with E-state index in [-0.39, 0.29) is 5.92 Å². The summed E-state index contributed by atoms with van der Waals surface area (Å²) in [6, 6.07) is 14.4. The zero-order valence-corrected chi connectivity index (χ0v) is 13.1. The normalized spacial score (nSPS) is 11.8. The largest absolute Gasteiger partial charge is 0.493 e. The van der Waals surface area contributed by atoms with Crippen molar-refractivity contribution in [2.75, 3.05) is 21.3 Å². The first kappa shape index (κ1) is 15.2. The van der Waals surface area contributed by atoms with E-state index in [9.17, 15) is 0 Å². The van der Waals surface area contributed by atoms with Crippen molar-refractivity contribution in [1.82, 2.24) is 0 Å². The highest BCUT2D eigenvalue weighted by atomic mass is 16.5. The maximum Gasteiger partial charge on any atom is 0.203 e. The van der Waals surface area contributed by atoms with Gasteiger partial charge in [-0.3, -0.25) is 0 Å². The first-order valence-corrected chi connectivity index (χ1v) is 7.10. The van der Waals surface area contributed by atoms with E-state index in [1.165, 1.54) is 5.56 Å². The van der Waals surface area contributed by atoms with Gasteiger partial charge in [0, 0.05) is 11.5 Å². The van der Waals surface area contributed by atoms with Gasteiger partial charge in [-0.15, -0.1) is 0 Å². The zero-order valence-electron chi connectivity index (χ0n) is 13.1.